The average molecular weight is 604 g/mol. The highest BCUT2D eigenvalue weighted by Gasteiger charge is 2.35. The summed E-state index contributed by atoms with van der Waals surface area (Å²) in [6.07, 6.45) is 1.67. The number of non-ortho nitro benzene ring substituents is 1. The molecule has 0 spiro atoms. The standard InChI is InChI=1S/C24H16Br2N2O5S/c25-19-10-17(11-20(26)22(19)33-14-16-6-8-18(9-7-16)28(31)32)12-21-23(29)27(24(30)34-21)13-15-4-2-1-3-5-15/h1-12H,13-14H2/b21-12-. The summed E-state index contributed by atoms with van der Waals surface area (Å²) < 4.78 is 7.18. The number of hydrogen-bond acceptors (Lipinski definition) is 6. The highest BCUT2D eigenvalue weighted by Crippen LogP contribution is 2.38. The molecule has 1 aliphatic rings. The van der Waals surface area contributed by atoms with E-state index in [1.54, 1.807) is 30.3 Å². The Morgan fingerprint density at radius 3 is 2.24 bits per heavy atom. The van der Waals surface area contributed by atoms with E-state index in [1.165, 1.54) is 17.0 Å². The Morgan fingerprint density at radius 2 is 1.62 bits per heavy atom. The molecule has 0 unspecified atom stereocenters. The number of carbonyl (C=O) groups excluding carboxylic acids is 2. The zero-order valence-electron chi connectivity index (χ0n) is 17.4. The van der Waals surface area contributed by atoms with Crippen molar-refractivity contribution < 1.29 is 19.2 Å². The molecular weight excluding hydrogens is 588 g/mol. The van der Waals surface area contributed by atoms with Gasteiger partial charge in [0.15, 0.2) is 0 Å². The molecule has 1 fully saturated rings. The third kappa shape index (κ3) is 5.57. The minimum atomic E-state index is -0.452. The molecule has 0 aromatic heterocycles. The van der Waals surface area contributed by atoms with Crippen molar-refractivity contribution >= 4 is 66.5 Å². The molecule has 1 saturated heterocycles. The van der Waals surface area contributed by atoms with Crippen LogP contribution in [-0.2, 0) is 17.9 Å². The second-order valence-corrected chi connectivity index (χ2v) is 9.98. The van der Waals surface area contributed by atoms with Crippen LogP contribution in [0, 0.1) is 10.1 Å². The molecule has 3 aromatic rings. The van der Waals surface area contributed by atoms with Gasteiger partial charge in [0.05, 0.1) is 25.3 Å². The van der Waals surface area contributed by atoms with Gasteiger partial charge in [0, 0.05) is 12.1 Å². The maximum atomic E-state index is 12.8. The van der Waals surface area contributed by atoms with E-state index in [1.807, 2.05) is 30.3 Å². The van der Waals surface area contributed by atoms with Crippen molar-refractivity contribution in [3.63, 3.8) is 0 Å². The van der Waals surface area contributed by atoms with Gasteiger partial charge < -0.3 is 4.74 Å². The van der Waals surface area contributed by atoms with Crippen molar-refractivity contribution in [1.82, 2.24) is 4.90 Å². The predicted octanol–water partition coefficient (Wildman–Crippen LogP) is 6.94. The van der Waals surface area contributed by atoms with E-state index in [-0.39, 0.29) is 30.0 Å². The third-order valence-corrected chi connectivity index (χ3v) is 6.99. The highest BCUT2D eigenvalue weighted by atomic mass is 79.9. The monoisotopic (exact) mass is 602 g/mol. The second-order valence-electron chi connectivity index (χ2n) is 7.28. The van der Waals surface area contributed by atoms with E-state index < -0.39 is 4.92 Å². The number of hydrogen-bond donors (Lipinski definition) is 0. The first-order chi connectivity index (χ1) is 16.3. The second kappa shape index (κ2) is 10.5. The lowest BCUT2D eigenvalue weighted by Gasteiger charge is -2.12. The molecule has 3 aromatic carbocycles. The number of ether oxygens (including phenoxy) is 1. The summed E-state index contributed by atoms with van der Waals surface area (Å²) in [5.74, 6) is 0.220. The van der Waals surface area contributed by atoms with Crippen molar-refractivity contribution in [3.05, 3.63) is 107 Å². The normalized spacial score (nSPS) is 14.6. The Hall–Kier alpha value is -2.95. The predicted molar refractivity (Wildman–Crippen MR) is 137 cm³/mol. The summed E-state index contributed by atoms with van der Waals surface area (Å²) >= 11 is 7.90. The largest absolute Gasteiger partial charge is 0.487 e. The number of thioether (sulfide) groups is 1. The van der Waals surface area contributed by atoms with Crippen LogP contribution in [0.15, 0.2) is 80.6 Å². The van der Waals surface area contributed by atoms with Crippen LogP contribution in [0.25, 0.3) is 6.08 Å². The summed E-state index contributed by atoms with van der Waals surface area (Å²) in [4.78, 5) is 37.1. The number of benzene rings is 3. The molecule has 34 heavy (non-hydrogen) atoms. The SMILES string of the molecule is O=C1S/C(=C\c2cc(Br)c(OCc3ccc([N+](=O)[O-])cc3)c(Br)c2)C(=O)N1Cc1ccccc1. The van der Waals surface area contributed by atoms with Crippen LogP contribution in [0.1, 0.15) is 16.7 Å². The number of nitrogens with zero attached hydrogens (tertiary/aromatic N) is 2. The van der Waals surface area contributed by atoms with E-state index in [0.29, 0.717) is 25.2 Å². The van der Waals surface area contributed by atoms with Crippen LogP contribution in [0.4, 0.5) is 10.5 Å². The molecule has 1 heterocycles. The summed E-state index contributed by atoms with van der Waals surface area (Å²) in [6, 6.07) is 19.1. The molecule has 0 saturated carbocycles. The van der Waals surface area contributed by atoms with E-state index in [9.17, 15) is 19.7 Å². The summed E-state index contributed by atoms with van der Waals surface area (Å²) in [5.41, 5.74) is 2.39. The van der Waals surface area contributed by atoms with Crippen LogP contribution in [0.3, 0.4) is 0 Å². The van der Waals surface area contributed by atoms with Gasteiger partial charge >= 0.3 is 0 Å². The lowest BCUT2D eigenvalue weighted by Crippen LogP contribution is -2.27. The Labute approximate surface area is 216 Å². The van der Waals surface area contributed by atoms with E-state index >= 15 is 0 Å². The fourth-order valence-corrected chi connectivity index (χ4v) is 5.51. The quantitative estimate of drug-likeness (QED) is 0.165. The fraction of sp³-hybridized carbons (Fsp3) is 0.0833. The van der Waals surface area contributed by atoms with Gasteiger partial charge in [0.1, 0.15) is 12.4 Å². The molecule has 4 rings (SSSR count). The molecule has 0 radical (unpaired) electrons. The van der Waals surface area contributed by atoms with Gasteiger partial charge in [-0.05, 0) is 90.7 Å². The molecule has 2 amide bonds. The number of rotatable bonds is 7. The molecule has 10 heteroatoms. The van der Waals surface area contributed by atoms with Gasteiger partial charge in [-0.3, -0.25) is 24.6 Å². The minimum Gasteiger partial charge on any atom is -0.487 e. The van der Waals surface area contributed by atoms with Crippen LogP contribution in [-0.4, -0.2) is 21.0 Å². The van der Waals surface area contributed by atoms with Gasteiger partial charge in [-0.1, -0.05) is 30.3 Å². The number of carbonyl (C=O) groups is 2. The maximum absolute atomic E-state index is 12.8. The van der Waals surface area contributed by atoms with Crippen molar-refractivity contribution in [2.75, 3.05) is 0 Å². The van der Waals surface area contributed by atoms with Crippen molar-refractivity contribution in [2.45, 2.75) is 13.2 Å². The third-order valence-electron chi connectivity index (χ3n) is 4.91. The number of nitro groups is 1. The smallest absolute Gasteiger partial charge is 0.293 e. The van der Waals surface area contributed by atoms with Crippen LogP contribution in [0.2, 0.25) is 0 Å². The molecule has 0 atom stereocenters. The van der Waals surface area contributed by atoms with E-state index in [4.69, 9.17) is 4.74 Å². The number of nitro benzene ring substituents is 1. The molecule has 172 valence electrons. The van der Waals surface area contributed by atoms with Gasteiger partial charge in [0.25, 0.3) is 16.8 Å². The minimum absolute atomic E-state index is 0.0173. The van der Waals surface area contributed by atoms with Gasteiger partial charge in [0.2, 0.25) is 0 Å². The zero-order chi connectivity index (χ0) is 24.2. The zero-order valence-corrected chi connectivity index (χ0v) is 21.4. The van der Waals surface area contributed by atoms with Crippen LogP contribution < -0.4 is 4.74 Å². The van der Waals surface area contributed by atoms with Crippen molar-refractivity contribution in [2.24, 2.45) is 0 Å². The van der Waals surface area contributed by atoms with Crippen molar-refractivity contribution in [1.29, 1.82) is 0 Å². The Kier molecular flexibility index (Phi) is 7.50. The van der Waals surface area contributed by atoms with Crippen LogP contribution in [0.5, 0.6) is 5.75 Å². The summed E-state index contributed by atoms with van der Waals surface area (Å²) in [7, 11) is 0. The Balaban J connectivity index is 1.47. The molecule has 0 bridgehead atoms. The first kappa shape index (κ1) is 24.2. The van der Waals surface area contributed by atoms with E-state index in [0.717, 1.165) is 22.9 Å². The number of halogens is 2. The average Bonchev–Trinajstić information content (AvgIpc) is 3.07. The van der Waals surface area contributed by atoms with Gasteiger partial charge in [-0.2, -0.15) is 0 Å². The topological polar surface area (TPSA) is 89.7 Å². The highest BCUT2D eigenvalue weighted by molar-refractivity contribution is 9.11. The fourth-order valence-electron chi connectivity index (χ4n) is 3.22. The van der Waals surface area contributed by atoms with E-state index in [2.05, 4.69) is 31.9 Å². The Bertz CT molecular complexity index is 1270. The van der Waals surface area contributed by atoms with Crippen molar-refractivity contribution in [3.8, 4) is 5.75 Å². The van der Waals surface area contributed by atoms with Gasteiger partial charge in [-0.25, -0.2) is 0 Å². The lowest BCUT2D eigenvalue weighted by atomic mass is 10.2. The first-order valence-corrected chi connectivity index (χ1v) is 12.4. The molecule has 0 N–H and O–H groups in total. The number of amides is 2. The summed E-state index contributed by atoms with van der Waals surface area (Å²) in [5, 5.41) is 10.5. The maximum Gasteiger partial charge on any atom is 0.293 e. The lowest BCUT2D eigenvalue weighted by molar-refractivity contribution is -0.384. The summed E-state index contributed by atoms with van der Waals surface area (Å²) in [6.45, 7) is 0.443. The molecule has 0 aliphatic carbocycles. The molecular formula is C24H16Br2N2O5S. The Morgan fingerprint density at radius 1 is 0.971 bits per heavy atom. The molecule has 1 aliphatic heterocycles. The van der Waals surface area contributed by atoms with Crippen LogP contribution >= 0.6 is 43.6 Å². The number of imide groups is 1. The van der Waals surface area contributed by atoms with Gasteiger partial charge in [-0.15, -0.1) is 0 Å². The molecule has 7 nitrogen and oxygen atoms in total. The first-order valence-electron chi connectivity index (χ1n) is 9.96.